The zero-order valence-electron chi connectivity index (χ0n) is 19.3. The smallest absolute Gasteiger partial charge is 0.339 e. The van der Waals surface area contributed by atoms with E-state index >= 15 is 0 Å². The molecule has 0 fully saturated rings. The number of hydrogen-bond acceptors (Lipinski definition) is 5. The van der Waals surface area contributed by atoms with E-state index in [1.165, 1.54) is 0 Å². The van der Waals surface area contributed by atoms with Gasteiger partial charge in [-0.3, -0.25) is 4.79 Å². The summed E-state index contributed by atoms with van der Waals surface area (Å²) in [5.41, 5.74) is 5.23. The summed E-state index contributed by atoms with van der Waals surface area (Å²) >= 11 is 0. The second-order valence-electron chi connectivity index (χ2n) is 8.03. The molecule has 1 N–H and O–H groups in total. The largest absolute Gasteiger partial charge is 0.497 e. The average molecular weight is 446 g/mol. The molecule has 2 aromatic heterocycles. The molecule has 0 saturated carbocycles. The van der Waals surface area contributed by atoms with Crippen molar-refractivity contribution < 1.29 is 13.9 Å². The van der Waals surface area contributed by atoms with Crippen LogP contribution < -0.4 is 15.7 Å². The maximum Gasteiger partial charge on any atom is 0.339 e. The first-order valence-corrected chi connectivity index (χ1v) is 10.9. The van der Waals surface area contributed by atoms with Gasteiger partial charge in [0.25, 0.3) is 0 Å². The number of rotatable bonds is 7. The summed E-state index contributed by atoms with van der Waals surface area (Å²) in [6.45, 7) is 6.19. The number of benzene rings is 2. The van der Waals surface area contributed by atoms with Gasteiger partial charge in [-0.05, 0) is 57.0 Å². The highest BCUT2D eigenvalue weighted by molar-refractivity contribution is 5.82. The number of methoxy groups -OCH3 is 1. The van der Waals surface area contributed by atoms with E-state index in [0.717, 1.165) is 33.6 Å². The fourth-order valence-electron chi connectivity index (χ4n) is 4.06. The van der Waals surface area contributed by atoms with Crippen molar-refractivity contribution in [1.82, 2.24) is 15.1 Å². The van der Waals surface area contributed by atoms with E-state index in [-0.39, 0.29) is 12.3 Å². The highest BCUT2D eigenvalue weighted by Crippen LogP contribution is 2.24. The number of ether oxygens (including phenoxy) is 1. The van der Waals surface area contributed by atoms with Crippen molar-refractivity contribution in [3.05, 3.63) is 87.0 Å². The zero-order chi connectivity index (χ0) is 23.5. The minimum atomic E-state index is -0.420. The summed E-state index contributed by atoms with van der Waals surface area (Å²) in [5, 5.41) is 8.42. The third kappa shape index (κ3) is 4.53. The average Bonchev–Trinajstić information content (AvgIpc) is 3.10. The molecule has 0 unspecified atom stereocenters. The van der Waals surface area contributed by atoms with Gasteiger partial charge in [-0.2, -0.15) is 5.10 Å². The maximum absolute atomic E-state index is 12.6. The standard InChI is InChI=1S/C26H27N3O4/c1-16-21-11-10-20(32-4)14-24(21)33-26(31)22(16)12-13-25(30)27-15-23-17(2)28-29(18(23)3)19-8-6-5-7-9-19/h5-11,14H,12-13,15H2,1-4H3,(H,27,30). The molecule has 7 heteroatoms. The van der Waals surface area contributed by atoms with Crippen molar-refractivity contribution in [1.29, 1.82) is 0 Å². The summed E-state index contributed by atoms with van der Waals surface area (Å²) in [5.74, 6) is 0.494. The number of nitrogens with one attached hydrogen (secondary N) is 1. The molecule has 0 spiro atoms. The van der Waals surface area contributed by atoms with Crippen LogP contribution in [0.3, 0.4) is 0 Å². The number of aryl methyl sites for hydroxylation is 2. The lowest BCUT2D eigenvalue weighted by Gasteiger charge is -2.10. The van der Waals surface area contributed by atoms with Crippen LogP contribution in [0.15, 0.2) is 57.7 Å². The highest BCUT2D eigenvalue weighted by Gasteiger charge is 2.16. The van der Waals surface area contributed by atoms with Gasteiger partial charge >= 0.3 is 5.63 Å². The fraction of sp³-hybridized carbons (Fsp3) is 0.269. The van der Waals surface area contributed by atoms with Crippen molar-refractivity contribution in [3.63, 3.8) is 0 Å². The fourth-order valence-corrected chi connectivity index (χ4v) is 4.06. The van der Waals surface area contributed by atoms with Crippen LogP contribution in [-0.4, -0.2) is 22.8 Å². The monoisotopic (exact) mass is 445 g/mol. The minimum absolute atomic E-state index is 0.130. The number of amides is 1. The molecule has 2 heterocycles. The lowest BCUT2D eigenvalue weighted by molar-refractivity contribution is -0.121. The van der Waals surface area contributed by atoms with Gasteiger partial charge in [0, 0.05) is 41.2 Å². The van der Waals surface area contributed by atoms with Crippen molar-refractivity contribution >= 4 is 16.9 Å². The number of carbonyl (C=O) groups is 1. The van der Waals surface area contributed by atoms with Crippen molar-refractivity contribution in [2.24, 2.45) is 0 Å². The number of fused-ring (bicyclic) bond motifs is 1. The van der Waals surface area contributed by atoms with Gasteiger partial charge in [0.1, 0.15) is 11.3 Å². The summed E-state index contributed by atoms with van der Waals surface area (Å²) in [4.78, 5) is 25.1. The Kier molecular flexibility index (Phi) is 6.31. The first-order chi connectivity index (χ1) is 15.9. The maximum atomic E-state index is 12.6. The summed E-state index contributed by atoms with van der Waals surface area (Å²) < 4.78 is 12.6. The molecule has 2 aromatic carbocycles. The molecular weight excluding hydrogens is 418 g/mol. The van der Waals surface area contributed by atoms with Crippen LogP contribution in [0, 0.1) is 20.8 Å². The van der Waals surface area contributed by atoms with Crippen LogP contribution in [0.5, 0.6) is 5.75 Å². The van der Waals surface area contributed by atoms with Gasteiger partial charge in [-0.25, -0.2) is 9.48 Å². The molecule has 0 aliphatic rings. The van der Waals surface area contributed by atoms with E-state index in [4.69, 9.17) is 9.15 Å². The van der Waals surface area contributed by atoms with Crippen LogP contribution in [0.1, 0.15) is 34.5 Å². The van der Waals surface area contributed by atoms with E-state index < -0.39 is 5.63 Å². The molecular formula is C26H27N3O4. The third-order valence-corrected chi connectivity index (χ3v) is 6.00. The molecule has 0 aliphatic heterocycles. The second kappa shape index (κ2) is 9.32. The van der Waals surface area contributed by atoms with Gasteiger partial charge in [0.15, 0.2) is 0 Å². The topological polar surface area (TPSA) is 86.4 Å². The molecule has 1 amide bonds. The zero-order valence-corrected chi connectivity index (χ0v) is 19.3. The van der Waals surface area contributed by atoms with E-state index in [1.807, 2.05) is 67.9 Å². The SMILES string of the molecule is COc1ccc2c(C)c(CCC(=O)NCc3c(C)nn(-c4ccccc4)c3C)c(=O)oc2c1. The Balaban J connectivity index is 1.44. The molecule has 4 rings (SSSR count). The van der Waals surface area contributed by atoms with E-state index in [1.54, 1.807) is 13.2 Å². The summed E-state index contributed by atoms with van der Waals surface area (Å²) in [7, 11) is 1.56. The number of para-hydroxylation sites is 1. The Morgan fingerprint density at radius 1 is 1.09 bits per heavy atom. The van der Waals surface area contributed by atoms with Crippen LogP contribution in [-0.2, 0) is 17.8 Å². The van der Waals surface area contributed by atoms with Gasteiger partial charge in [-0.1, -0.05) is 18.2 Å². The molecule has 0 bridgehead atoms. The van der Waals surface area contributed by atoms with Gasteiger partial charge in [0.05, 0.1) is 18.5 Å². The van der Waals surface area contributed by atoms with Crippen molar-refractivity contribution in [2.45, 2.75) is 40.2 Å². The first kappa shape index (κ1) is 22.3. The number of carbonyl (C=O) groups excluding carboxylic acids is 1. The first-order valence-electron chi connectivity index (χ1n) is 10.9. The number of nitrogens with zero attached hydrogens (tertiary/aromatic N) is 2. The quantitative estimate of drug-likeness (QED) is 0.432. The van der Waals surface area contributed by atoms with E-state index in [0.29, 0.717) is 29.9 Å². The Morgan fingerprint density at radius 3 is 2.58 bits per heavy atom. The predicted octanol–water partition coefficient (Wildman–Crippen LogP) is 4.16. The molecule has 170 valence electrons. The Hall–Kier alpha value is -3.87. The molecule has 7 nitrogen and oxygen atoms in total. The summed E-state index contributed by atoms with van der Waals surface area (Å²) in [6, 6.07) is 15.3. The third-order valence-electron chi connectivity index (χ3n) is 6.00. The van der Waals surface area contributed by atoms with Gasteiger partial charge in [-0.15, -0.1) is 0 Å². The van der Waals surface area contributed by atoms with Crippen molar-refractivity contribution in [2.75, 3.05) is 7.11 Å². The van der Waals surface area contributed by atoms with Crippen LogP contribution >= 0.6 is 0 Å². The summed E-state index contributed by atoms with van der Waals surface area (Å²) in [6.07, 6.45) is 0.501. The van der Waals surface area contributed by atoms with Crippen LogP contribution in [0.25, 0.3) is 16.7 Å². The van der Waals surface area contributed by atoms with Crippen LogP contribution in [0.2, 0.25) is 0 Å². The molecule has 0 aliphatic carbocycles. The predicted molar refractivity (Wildman–Crippen MR) is 127 cm³/mol. The number of hydrogen-bond donors (Lipinski definition) is 1. The van der Waals surface area contributed by atoms with Gasteiger partial charge in [0.2, 0.25) is 5.91 Å². The molecule has 33 heavy (non-hydrogen) atoms. The lowest BCUT2D eigenvalue weighted by atomic mass is 10.0. The highest BCUT2D eigenvalue weighted by atomic mass is 16.5. The molecule has 0 atom stereocenters. The Labute approximate surface area is 192 Å². The van der Waals surface area contributed by atoms with E-state index in [9.17, 15) is 9.59 Å². The number of aromatic nitrogens is 2. The lowest BCUT2D eigenvalue weighted by Crippen LogP contribution is -2.24. The normalized spacial score (nSPS) is 11.0. The second-order valence-corrected chi connectivity index (χ2v) is 8.03. The Bertz CT molecular complexity index is 1370. The molecule has 4 aromatic rings. The van der Waals surface area contributed by atoms with E-state index in [2.05, 4.69) is 10.4 Å². The van der Waals surface area contributed by atoms with Crippen molar-refractivity contribution in [3.8, 4) is 11.4 Å². The van der Waals surface area contributed by atoms with Gasteiger partial charge < -0.3 is 14.5 Å². The molecule has 0 radical (unpaired) electrons. The Morgan fingerprint density at radius 2 is 1.85 bits per heavy atom. The van der Waals surface area contributed by atoms with Crippen LogP contribution in [0.4, 0.5) is 0 Å². The molecule has 0 saturated heterocycles. The minimum Gasteiger partial charge on any atom is -0.497 e.